The van der Waals surface area contributed by atoms with Crippen molar-refractivity contribution in [3.63, 3.8) is 0 Å². The lowest BCUT2D eigenvalue weighted by Crippen LogP contribution is -2.25. The first-order valence-corrected chi connectivity index (χ1v) is 7.27. The molecule has 19 heavy (non-hydrogen) atoms. The molecule has 0 bridgehead atoms. The first-order valence-electron chi connectivity index (χ1n) is 6.13. The number of hydrogen-bond acceptors (Lipinski definition) is 3. The average molecular weight is 326 g/mol. The Morgan fingerprint density at radius 2 is 1.74 bits per heavy atom. The maximum Gasteiger partial charge on any atom is 0.156 e. The molecule has 0 heterocycles. The van der Waals surface area contributed by atoms with Crippen LogP contribution in [0, 0.1) is 0 Å². The van der Waals surface area contributed by atoms with Crippen molar-refractivity contribution in [3.05, 3.63) is 27.2 Å². The molecule has 0 aliphatic rings. The van der Waals surface area contributed by atoms with E-state index >= 15 is 0 Å². The third kappa shape index (κ3) is 6.68. The molecule has 0 aromatic heterocycles. The molecule has 0 amide bonds. The zero-order valence-electron chi connectivity index (χ0n) is 11.2. The summed E-state index contributed by atoms with van der Waals surface area (Å²) in [7, 11) is 4.13. The zero-order valence-corrected chi connectivity index (χ0v) is 13.4. The molecule has 0 aliphatic carbocycles. The topological polar surface area (TPSA) is 24.5 Å². The average Bonchev–Trinajstić information content (AvgIpc) is 2.30. The first-order chi connectivity index (χ1) is 9.00. The van der Waals surface area contributed by atoms with Crippen LogP contribution in [0.3, 0.4) is 0 Å². The Bertz CT molecular complexity index is 376. The van der Waals surface area contributed by atoms with Crippen LogP contribution in [0.1, 0.15) is 6.42 Å². The Hall–Kier alpha value is -0.190. The Balaban J connectivity index is 2.23. The summed E-state index contributed by atoms with van der Waals surface area (Å²) < 4.78 is 5.55. The Kier molecular flexibility index (Phi) is 7.88. The summed E-state index contributed by atoms with van der Waals surface area (Å²) in [5, 5.41) is 4.67. The second kappa shape index (κ2) is 8.88. The molecule has 1 rings (SSSR count). The van der Waals surface area contributed by atoms with Gasteiger partial charge in [-0.1, -0.05) is 34.8 Å². The summed E-state index contributed by atoms with van der Waals surface area (Å²) in [4.78, 5) is 2.16. The van der Waals surface area contributed by atoms with E-state index in [1.165, 1.54) is 0 Å². The minimum Gasteiger partial charge on any atom is -0.489 e. The lowest BCUT2D eigenvalue weighted by Gasteiger charge is -2.12. The number of nitrogens with one attached hydrogen (secondary N) is 1. The van der Waals surface area contributed by atoms with Crippen LogP contribution in [0.15, 0.2) is 12.1 Å². The molecule has 0 radical (unpaired) electrons. The van der Waals surface area contributed by atoms with Crippen LogP contribution in [-0.4, -0.2) is 45.2 Å². The largest absolute Gasteiger partial charge is 0.489 e. The molecule has 1 aromatic carbocycles. The van der Waals surface area contributed by atoms with Crippen molar-refractivity contribution in [2.45, 2.75) is 6.42 Å². The number of ether oxygens (including phenoxy) is 1. The second-order valence-electron chi connectivity index (χ2n) is 4.45. The van der Waals surface area contributed by atoms with Gasteiger partial charge in [0, 0.05) is 11.6 Å². The standard InChI is InChI=1S/C13H19Cl3N2O/c1-18(2)6-3-4-17-5-7-19-13-11(15)8-10(14)9-12(13)16/h8-9,17H,3-7H2,1-2H3. The minimum atomic E-state index is 0.435. The fourth-order valence-corrected chi connectivity index (χ4v) is 2.46. The van der Waals surface area contributed by atoms with Crippen LogP contribution in [0.2, 0.25) is 15.1 Å². The third-order valence-electron chi connectivity index (χ3n) is 2.45. The molecule has 3 nitrogen and oxygen atoms in total. The number of nitrogens with zero attached hydrogens (tertiary/aromatic N) is 1. The van der Waals surface area contributed by atoms with E-state index in [-0.39, 0.29) is 0 Å². The van der Waals surface area contributed by atoms with Crippen molar-refractivity contribution < 1.29 is 4.74 Å². The zero-order chi connectivity index (χ0) is 14.3. The summed E-state index contributed by atoms with van der Waals surface area (Å²) in [6.07, 6.45) is 1.11. The van der Waals surface area contributed by atoms with Gasteiger partial charge in [-0.05, 0) is 45.7 Å². The Morgan fingerprint density at radius 1 is 1.11 bits per heavy atom. The lowest BCUT2D eigenvalue weighted by atomic mass is 10.3. The third-order valence-corrected chi connectivity index (χ3v) is 3.23. The molecule has 6 heteroatoms. The highest BCUT2D eigenvalue weighted by Gasteiger charge is 2.08. The Morgan fingerprint density at radius 3 is 2.32 bits per heavy atom. The van der Waals surface area contributed by atoms with Gasteiger partial charge >= 0.3 is 0 Å². The number of halogens is 3. The highest BCUT2D eigenvalue weighted by molar-refractivity contribution is 6.40. The van der Waals surface area contributed by atoms with Gasteiger partial charge in [0.1, 0.15) is 6.61 Å². The van der Waals surface area contributed by atoms with Gasteiger partial charge in [-0.3, -0.25) is 0 Å². The molecule has 0 saturated carbocycles. The van der Waals surface area contributed by atoms with Gasteiger partial charge in [0.25, 0.3) is 0 Å². The van der Waals surface area contributed by atoms with Crippen LogP contribution in [-0.2, 0) is 0 Å². The number of benzene rings is 1. The smallest absolute Gasteiger partial charge is 0.156 e. The van der Waals surface area contributed by atoms with Gasteiger partial charge in [0.15, 0.2) is 5.75 Å². The maximum absolute atomic E-state index is 6.01. The van der Waals surface area contributed by atoms with Crippen LogP contribution in [0.5, 0.6) is 5.75 Å². The van der Waals surface area contributed by atoms with Gasteiger partial charge in [0.05, 0.1) is 10.0 Å². The van der Waals surface area contributed by atoms with E-state index in [1.54, 1.807) is 12.1 Å². The summed E-state index contributed by atoms with van der Waals surface area (Å²) in [6, 6.07) is 3.24. The molecule has 0 unspecified atom stereocenters. The fourth-order valence-electron chi connectivity index (χ4n) is 1.54. The van der Waals surface area contributed by atoms with Crippen LogP contribution in [0.25, 0.3) is 0 Å². The van der Waals surface area contributed by atoms with Gasteiger partial charge < -0.3 is 15.0 Å². The number of hydrogen-bond donors (Lipinski definition) is 1. The van der Waals surface area contributed by atoms with E-state index in [0.717, 1.165) is 26.1 Å². The van der Waals surface area contributed by atoms with E-state index in [4.69, 9.17) is 39.5 Å². The monoisotopic (exact) mass is 324 g/mol. The quantitative estimate of drug-likeness (QED) is 0.740. The summed E-state index contributed by atoms with van der Waals surface area (Å²) >= 11 is 17.9. The van der Waals surface area contributed by atoms with Crippen LogP contribution >= 0.6 is 34.8 Å². The normalized spacial score (nSPS) is 11.1. The van der Waals surface area contributed by atoms with Crippen molar-refractivity contribution in [1.29, 1.82) is 0 Å². The van der Waals surface area contributed by atoms with Gasteiger partial charge in [0.2, 0.25) is 0 Å². The minimum absolute atomic E-state index is 0.435. The Labute approximate surface area is 129 Å². The molecule has 0 saturated heterocycles. The van der Waals surface area contributed by atoms with E-state index in [0.29, 0.717) is 27.4 Å². The van der Waals surface area contributed by atoms with E-state index in [1.807, 2.05) is 0 Å². The van der Waals surface area contributed by atoms with Crippen molar-refractivity contribution in [3.8, 4) is 5.75 Å². The fraction of sp³-hybridized carbons (Fsp3) is 0.538. The molecule has 108 valence electrons. The SMILES string of the molecule is CN(C)CCCNCCOc1c(Cl)cc(Cl)cc1Cl. The summed E-state index contributed by atoms with van der Waals surface area (Å²) in [6.45, 7) is 3.30. The van der Waals surface area contributed by atoms with Crippen LogP contribution in [0.4, 0.5) is 0 Å². The highest BCUT2D eigenvalue weighted by atomic mass is 35.5. The van der Waals surface area contributed by atoms with Crippen molar-refractivity contribution in [1.82, 2.24) is 10.2 Å². The molecular formula is C13H19Cl3N2O. The van der Waals surface area contributed by atoms with Gasteiger partial charge in [-0.15, -0.1) is 0 Å². The molecule has 0 fully saturated rings. The number of rotatable bonds is 8. The van der Waals surface area contributed by atoms with Gasteiger partial charge in [-0.2, -0.15) is 0 Å². The molecular weight excluding hydrogens is 307 g/mol. The molecule has 0 aliphatic heterocycles. The summed E-state index contributed by atoms with van der Waals surface area (Å²) in [5.74, 6) is 0.489. The molecule has 1 N–H and O–H groups in total. The van der Waals surface area contributed by atoms with Crippen molar-refractivity contribution in [2.24, 2.45) is 0 Å². The van der Waals surface area contributed by atoms with Crippen molar-refractivity contribution in [2.75, 3.05) is 40.3 Å². The van der Waals surface area contributed by atoms with E-state index in [2.05, 4.69) is 24.3 Å². The summed E-state index contributed by atoms with van der Waals surface area (Å²) in [5.41, 5.74) is 0. The van der Waals surface area contributed by atoms with Crippen LogP contribution < -0.4 is 10.1 Å². The first kappa shape index (κ1) is 16.9. The van der Waals surface area contributed by atoms with E-state index < -0.39 is 0 Å². The predicted molar refractivity (Wildman–Crippen MR) is 83.0 cm³/mol. The van der Waals surface area contributed by atoms with Gasteiger partial charge in [-0.25, -0.2) is 0 Å². The lowest BCUT2D eigenvalue weighted by molar-refractivity contribution is 0.311. The highest BCUT2D eigenvalue weighted by Crippen LogP contribution is 2.35. The van der Waals surface area contributed by atoms with Crippen molar-refractivity contribution >= 4 is 34.8 Å². The molecule has 0 spiro atoms. The predicted octanol–water partition coefficient (Wildman–Crippen LogP) is 3.57. The molecule has 0 atom stereocenters. The van der Waals surface area contributed by atoms with E-state index in [9.17, 15) is 0 Å². The molecule has 1 aromatic rings. The maximum atomic E-state index is 6.01. The second-order valence-corrected chi connectivity index (χ2v) is 5.70.